The number of para-hydroxylation sites is 1. The van der Waals surface area contributed by atoms with Crippen molar-refractivity contribution in [2.24, 2.45) is 0 Å². The van der Waals surface area contributed by atoms with E-state index < -0.39 is 5.91 Å². The number of nitrogens with one attached hydrogen (secondary N) is 1. The molecule has 0 radical (unpaired) electrons. The van der Waals surface area contributed by atoms with E-state index in [1.807, 2.05) is 38.1 Å². The first-order valence-electron chi connectivity index (χ1n) is 10.2. The Morgan fingerprint density at radius 3 is 2.58 bits per heavy atom. The first-order chi connectivity index (χ1) is 15.9. The summed E-state index contributed by atoms with van der Waals surface area (Å²) in [6.07, 6.45) is 1.48. The summed E-state index contributed by atoms with van der Waals surface area (Å²) in [4.78, 5) is 12.7. The van der Waals surface area contributed by atoms with Gasteiger partial charge in [-0.1, -0.05) is 46.3 Å². The van der Waals surface area contributed by atoms with Gasteiger partial charge in [0.2, 0.25) is 0 Å². The van der Waals surface area contributed by atoms with Crippen LogP contribution >= 0.6 is 15.9 Å². The molecule has 0 aliphatic rings. The van der Waals surface area contributed by atoms with Gasteiger partial charge in [0.25, 0.3) is 5.91 Å². The summed E-state index contributed by atoms with van der Waals surface area (Å²) in [5, 5.41) is 12.3. The molecule has 0 bridgehead atoms. The largest absolute Gasteiger partial charge is 0.490 e. The molecule has 0 aromatic heterocycles. The van der Waals surface area contributed by atoms with Gasteiger partial charge in [0.05, 0.1) is 6.61 Å². The number of hydrogen-bond donors (Lipinski definition) is 1. The lowest BCUT2D eigenvalue weighted by atomic mass is 10.1. The lowest BCUT2D eigenvalue weighted by molar-refractivity contribution is -0.112. The van der Waals surface area contributed by atoms with Gasteiger partial charge in [0, 0.05) is 10.2 Å². The summed E-state index contributed by atoms with van der Waals surface area (Å²) in [5.74, 6) is 0.0480. The minimum atomic E-state index is -0.511. The first kappa shape index (κ1) is 24.0. The Balaban J connectivity index is 1.86. The van der Waals surface area contributed by atoms with Crippen LogP contribution in [0.3, 0.4) is 0 Å². The van der Waals surface area contributed by atoms with Gasteiger partial charge >= 0.3 is 0 Å². The Labute approximate surface area is 200 Å². The van der Waals surface area contributed by atoms with E-state index in [0.29, 0.717) is 39.4 Å². The molecule has 5 nitrogen and oxygen atoms in total. The molecule has 0 spiro atoms. The maximum atomic E-state index is 13.4. The second kappa shape index (κ2) is 11.3. The van der Waals surface area contributed by atoms with E-state index in [1.54, 1.807) is 30.3 Å². The van der Waals surface area contributed by atoms with Crippen LogP contribution in [0, 0.1) is 24.1 Å². The van der Waals surface area contributed by atoms with Crippen molar-refractivity contribution >= 4 is 33.6 Å². The summed E-state index contributed by atoms with van der Waals surface area (Å²) in [6, 6.07) is 18.8. The van der Waals surface area contributed by atoms with E-state index in [-0.39, 0.29) is 18.0 Å². The van der Waals surface area contributed by atoms with Crippen LogP contribution in [-0.2, 0) is 11.4 Å². The van der Waals surface area contributed by atoms with E-state index in [0.717, 1.165) is 5.56 Å². The van der Waals surface area contributed by atoms with Crippen molar-refractivity contribution < 1.29 is 18.7 Å². The number of ether oxygens (including phenoxy) is 2. The molecule has 1 N–H and O–H groups in total. The average Bonchev–Trinajstić information content (AvgIpc) is 2.79. The Morgan fingerprint density at radius 2 is 1.88 bits per heavy atom. The normalized spacial score (nSPS) is 10.9. The summed E-state index contributed by atoms with van der Waals surface area (Å²) in [5.41, 5.74) is 2.72. The average molecular weight is 509 g/mol. The number of carbonyl (C=O) groups excluding carboxylic acids is 1. The molecule has 3 aromatic carbocycles. The van der Waals surface area contributed by atoms with Crippen molar-refractivity contribution in [1.82, 2.24) is 0 Å². The third kappa shape index (κ3) is 6.43. The van der Waals surface area contributed by atoms with Crippen molar-refractivity contribution in [1.29, 1.82) is 5.26 Å². The lowest BCUT2D eigenvalue weighted by Crippen LogP contribution is -2.14. The quantitative estimate of drug-likeness (QED) is 0.281. The van der Waals surface area contributed by atoms with Crippen LogP contribution in [0.5, 0.6) is 11.5 Å². The predicted octanol–water partition coefficient (Wildman–Crippen LogP) is 6.42. The molecule has 0 fully saturated rings. The standard InChI is InChI=1S/C26H22BrFN2O3/c1-3-32-24-13-19(12-20(15-29)26(31)30-23-10-5-4-7-17(23)2)22(27)14-25(24)33-16-18-8-6-9-21(28)11-18/h4-14H,3,16H2,1-2H3,(H,30,31)/b20-12+. The zero-order chi connectivity index (χ0) is 23.8. The lowest BCUT2D eigenvalue weighted by Gasteiger charge is -2.14. The second-order valence-corrected chi connectivity index (χ2v) is 7.97. The SMILES string of the molecule is CCOc1cc(/C=C(\C#N)C(=O)Nc2ccccc2C)c(Br)cc1OCc1cccc(F)c1. The minimum absolute atomic E-state index is 0.0603. The number of carbonyl (C=O) groups is 1. The molecule has 33 heavy (non-hydrogen) atoms. The number of benzene rings is 3. The number of amides is 1. The molecule has 1 amide bonds. The number of nitriles is 1. The molecule has 3 aromatic rings. The van der Waals surface area contributed by atoms with Crippen molar-refractivity contribution in [2.45, 2.75) is 20.5 Å². The highest BCUT2D eigenvalue weighted by Crippen LogP contribution is 2.35. The topological polar surface area (TPSA) is 71.3 Å². The number of nitrogens with zero attached hydrogens (tertiary/aromatic N) is 1. The smallest absolute Gasteiger partial charge is 0.266 e. The molecule has 0 heterocycles. The van der Waals surface area contributed by atoms with Gasteiger partial charge in [0.1, 0.15) is 24.1 Å². The number of rotatable bonds is 8. The molecule has 0 atom stereocenters. The highest BCUT2D eigenvalue weighted by atomic mass is 79.9. The number of hydrogen-bond acceptors (Lipinski definition) is 4. The van der Waals surface area contributed by atoms with Gasteiger partial charge in [-0.15, -0.1) is 0 Å². The van der Waals surface area contributed by atoms with E-state index in [9.17, 15) is 14.4 Å². The van der Waals surface area contributed by atoms with E-state index in [1.165, 1.54) is 18.2 Å². The highest BCUT2D eigenvalue weighted by molar-refractivity contribution is 9.10. The van der Waals surface area contributed by atoms with Crippen molar-refractivity contribution in [3.05, 3.63) is 93.2 Å². The Morgan fingerprint density at radius 1 is 1.12 bits per heavy atom. The van der Waals surface area contributed by atoms with Crippen molar-refractivity contribution in [2.75, 3.05) is 11.9 Å². The molecule has 0 aliphatic carbocycles. The van der Waals surface area contributed by atoms with Gasteiger partial charge < -0.3 is 14.8 Å². The summed E-state index contributed by atoms with van der Waals surface area (Å²) in [7, 11) is 0. The van der Waals surface area contributed by atoms with Crippen LogP contribution in [0.25, 0.3) is 6.08 Å². The molecule has 0 aliphatic heterocycles. The Kier molecular flexibility index (Phi) is 8.22. The van der Waals surface area contributed by atoms with E-state index in [4.69, 9.17) is 9.47 Å². The number of halogens is 2. The van der Waals surface area contributed by atoms with Gasteiger partial charge in [-0.05, 0) is 66.9 Å². The van der Waals surface area contributed by atoms with Gasteiger partial charge in [-0.25, -0.2) is 4.39 Å². The Bertz CT molecular complexity index is 1230. The van der Waals surface area contributed by atoms with Crippen LogP contribution in [0.1, 0.15) is 23.6 Å². The zero-order valence-electron chi connectivity index (χ0n) is 18.2. The molecule has 0 saturated carbocycles. The maximum absolute atomic E-state index is 13.4. The summed E-state index contributed by atoms with van der Waals surface area (Å²) >= 11 is 3.47. The summed E-state index contributed by atoms with van der Waals surface area (Å²) < 4.78 is 25.6. The van der Waals surface area contributed by atoms with E-state index >= 15 is 0 Å². The fourth-order valence-corrected chi connectivity index (χ4v) is 3.47. The van der Waals surface area contributed by atoms with Gasteiger partial charge in [0.15, 0.2) is 11.5 Å². The third-order valence-corrected chi connectivity index (χ3v) is 5.39. The van der Waals surface area contributed by atoms with Crippen LogP contribution in [0.4, 0.5) is 10.1 Å². The maximum Gasteiger partial charge on any atom is 0.266 e. The van der Waals surface area contributed by atoms with Crippen LogP contribution in [-0.4, -0.2) is 12.5 Å². The van der Waals surface area contributed by atoms with Crippen molar-refractivity contribution in [3.8, 4) is 17.6 Å². The third-order valence-electron chi connectivity index (χ3n) is 4.70. The molecule has 7 heteroatoms. The fourth-order valence-electron chi connectivity index (χ4n) is 3.04. The molecular formula is C26H22BrFN2O3. The van der Waals surface area contributed by atoms with E-state index in [2.05, 4.69) is 21.2 Å². The summed E-state index contributed by atoms with van der Waals surface area (Å²) in [6.45, 7) is 4.25. The molecule has 168 valence electrons. The highest BCUT2D eigenvalue weighted by Gasteiger charge is 2.15. The monoisotopic (exact) mass is 508 g/mol. The van der Waals surface area contributed by atoms with Crippen molar-refractivity contribution in [3.63, 3.8) is 0 Å². The van der Waals surface area contributed by atoms with Crippen LogP contribution in [0.15, 0.2) is 70.7 Å². The number of aryl methyl sites for hydroxylation is 1. The van der Waals surface area contributed by atoms with Crippen LogP contribution in [0.2, 0.25) is 0 Å². The van der Waals surface area contributed by atoms with Gasteiger partial charge in [-0.3, -0.25) is 4.79 Å². The molecule has 3 rings (SSSR count). The zero-order valence-corrected chi connectivity index (χ0v) is 19.8. The second-order valence-electron chi connectivity index (χ2n) is 7.11. The Hall–Kier alpha value is -3.63. The molecular weight excluding hydrogens is 487 g/mol. The predicted molar refractivity (Wildman–Crippen MR) is 129 cm³/mol. The first-order valence-corrected chi connectivity index (χ1v) is 11.0. The minimum Gasteiger partial charge on any atom is -0.490 e. The molecule has 0 saturated heterocycles. The van der Waals surface area contributed by atoms with Crippen LogP contribution < -0.4 is 14.8 Å². The van der Waals surface area contributed by atoms with Gasteiger partial charge in [-0.2, -0.15) is 5.26 Å². The molecule has 0 unspecified atom stereocenters. The fraction of sp³-hybridized carbons (Fsp3) is 0.154. The number of anilines is 1.